The molecule has 1 atom stereocenters. The third-order valence-corrected chi connectivity index (χ3v) is 5.15. The van der Waals surface area contributed by atoms with Gasteiger partial charge in [0.05, 0.1) is 11.0 Å². The van der Waals surface area contributed by atoms with Crippen LogP contribution in [-0.2, 0) is 11.3 Å². The molecule has 128 valence electrons. The Morgan fingerprint density at radius 2 is 2.04 bits per heavy atom. The molecule has 1 aromatic carbocycles. The highest BCUT2D eigenvalue weighted by molar-refractivity contribution is 7.12. The van der Waals surface area contributed by atoms with Crippen molar-refractivity contribution in [3.63, 3.8) is 0 Å². The van der Waals surface area contributed by atoms with E-state index in [2.05, 4.69) is 29.2 Å². The Morgan fingerprint density at radius 3 is 2.62 bits per heavy atom. The second-order valence-corrected chi connectivity index (χ2v) is 7.31. The van der Waals surface area contributed by atoms with E-state index in [-0.39, 0.29) is 12.0 Å². The van der Waals surface area contributed by atoms with Gasteiger partial charge in [-0.3, -0.25) is 4.79 Å². The number of hydrogen-bond acceptors (Lipinski definition) is 4. The van der Waals surface area contributed by atoms with Gasteiger partial charge in [-0.2, -0.15) is 0 Å². The molecule has 1 aliphatic heterocycles. The van der Waals surface area contributed by atoms with Gasteiger partial charge in [-0.25, -0.2) is 0 Å². The molecule has 1 aromatic heterocycles. The first-order chi connectivity index (χ1) is 11.6. The third-order valence-electron chi connectivity index (χ3n) is 4.29. The molecule has 0 saturated carbocycles. The molecule has 2 heterocycles. The summed E-state index contributed by atoms with van der Waals surface area (Å²) in [6.45, 7) is 2.08. The lowest BCUT2D eigenvalue weighted by Crippen LogP contribution is -2.36. The van der Waals surface area contributed by atoms with Crippen LogP contribution < -0.4 is 4.90 Å². The Bertz CT molecular complexity index is 647. The Kier molecular flexibility index (Phi) is 5.53. The van der Waals surface area contributed by atoms with Crippen molar-refractivity contribution >= 4 is 22.9 Å². The first kappa shape index (κ1) is 17.0. The minimum atomic E-state index is 0.0946. The van der Waals surface area contributed by atoms with E-state index in [1.54, 1.807) is 0 Å². The van der Waals surface area contributed by atoms with Crippen LogP contribution in [0.1, 0.15) is 28.1 Å². The summed E-state index contributed by atoms with van der Waals surface area (Å²) in [5.74, 6) is 0.0946. The van der Waals surface area contributed by atoms with Crippen LogP contribution in [0.2, 0.25) is 0 Å². The van der Waals surface area contributed by atoms with Crippen molar-refractivity contribution in [3.05, 3.63) is 52.2 Å². The minimum absolute atomic E-state index is 0.0946. The number of thiophene rings is 1. The Morgan fingerprint density at radius 1 is 1.25 bits per heavy atom. The van der Waals surface area contributed by atoms with Crippen molar-refractivity contribution in [2.75, 3.05) is 32.1 Å². The fourth-order valence-electron chi connectivity index (χ4n) is 2.93. The first-order valence-electron chi connectivity index (χ1n) is 8.34. The molecule has 1 saturated heterocycles. The topological polar surface area (TPSA) is 32.8 Å². The lowest BCUT2D eigenvalue weighted by molar-refractivity contribution is 0.0511. The quantitative estimate of drug-likeness (QED) is 0.802. The van der Waals surface area contributed by atoms with Crippen molar-refractivity contribution < 1.29 is 9.53 Å². The number of benzene rings is 1. The number of anilines is 1. The summed E-state index contributed by atoms with van der Waals surface area (Å²) in [6, 6.07) is 12.2. The highest BCUT2D eigenvalue weighted by Crippen LogP contribution is 2.20. The average Bonchev–Trinajstić information content (AvgIpc) is 3.28. The molecule has 0 aliphatic carbocycles. The summed E-state index contributed by atoms with van der Waals surface area (Å²) >= 11 is 1.50. The van der Waals surface area contributed by atoms with Gasteiger partial charge in [0, 0.05) is 39.5 Å². The number of carbonyl (C=O) groups excluding carboxylic acids is 1. The van der Waals surface area contributed by atoms with E-state index in [9.17, 15) is 4.79 Å². The van der Waals surface area contributed by atoms with E-state index in [0.29, 0.717) is 13.1 Å². The van der Waals surface area contributed by atoms with E-state index in [1.165, 1.54) is 11.3 Å². The minimum Gasteiger partial charge on any atom is -0.378 e. The highest BCUT2D eigenvalue weighted by Gasteiger charge is 2.24. The van der Waals surface area contributed by atoms with Gasteiger partial charge in [0.2, 0.25) is 0 Å². The third kappa shape index (κ3) is 4.16. The summed E-state index contributed by atoms with van der Waals surface area (Å²) in [6.07, 6.45) is 2.28. The molecule has 0 N–H and O–H groups in total. The van der Waals surface area contributed by atoms with Gasteiger partial charge in [0.15, 0.2) is 0 Å². The maximum Gasteiger partial charge on any atom is 0.264 e. The number of carbonyl (C=O) groups is 1. The molecule has 0 radical (unpaired) electrons. The number of nitrogens with zero attached hydrogens (tertiary/aromatic N) is 2. The predicted octanol–water partition coefficient (Wildman–Crippen LogP) is 3.64. The molecular weight excluding hydrogens is 320 g/mol. The Hall–Kier alpha value is -1.85. The average molecular weight is 344 g/mol. The zero-order valence-electron chi connectivity index (χ0n) is 14.3. The van der Waals surface area contributed by atoms with Crippen molar-refractivity contribution in [2.45, 2.75) is 25.5 Å². The molecular formula is C19H24N2O2S. The van der Waals surface area contributed by atoms with E-state index in [0.717, 1.165) is 35.6 Å². The van der Waals surface area contributed by atoms with Crippen LogP contribution >= 0.6 is 11.3 Å². The SMILES string of the molecule is CN(C)c1ccc(CN(C[C@@H]2CCCO2)C(=O)c2cccs2)cc1. The number of amides is 1. The first-order valence-corrected chi connectivity index (χ1v) is 9.22. The van der Waals surface area contributed by atoms with E-state index in [4.69, 9.17) is 4.74 Å². The standard InChI is InChI=1S/C19H24N2O2S/c1-20(2)16-9-7-15(8-10-16)13-21(14-17-5-3-11-23-17)19(22)18-6-4-12-24-18/h4,6-10,12,17H,3,5,11,13-14H2,1-2H3/t17-/m0/s1. The van der Waals surface area contributed by atoms with E-state index < -0.39 is 0 Å². The van der Waals surface area contributed by atoms with Crippen LogP contribution in [0.3, 0.4) is 0 Å². The maximum absolute atomic E-state index is 12.8. The molecule has 3 rings (SSSR count). The summed E-state index contributed by atoms with van der Waals surface area (Å²) in [5, 5.41) is 1.95. The molecule has 0 unspecified atom stereocenters. The highest BCUT2D eigenvalue weighted by atomic mass is 32.1. The van der Waals surface area contributed by atoms with Crippen molar-refractivity contribution in [1.29, 1.82) is 0 Å². The van der Waals surface area contributed by atoms with Crippen LogP contribution in [-0.4, -0.2) is 44.2 Å². The van der Waals surface area contributed by atoms with Gasteiger partial charge < -0.3 is 14.5 Å². The molecule has 1 aliphatic rings. The van der Waals surface area contributed by atoms with Gasteiger partial charge >= 0.3 is 0 Å². The molecule has 0 bridgehead atoms. The zero-order valence-corrected chi connectivity index (χ0v) is 15.1. The van der Waals surface area contributed by atoms with Gasteiger partial charge in [-0.05, 0) is 42.0 Å². The van der Waals surface area contributed by atoms with Crippen LogP contribution in [0.5, 0.6) is 0 Å². The lowest BCUT2D eigenvalue weighted by Gasteiger charge is -2.25. The predicted molar refractivity (Wildman–Crippen MR) is 98.8 cm³/mol. The van der Waals surface area contributed by atoms with Crippen molar-refractivity contribution in [3.8, 4) is 0 Å². The summed E-state index contributed by atoms with van der Waals surface area (Å²) in [7, 11) is 4.05. The van der Waals surface area contributed by atoms with E-state index >= 15 is 0 Å². The molecule has 0 spiro atoms. The summed E-state index contributed by atoms with van der Waals surface area (Å²) in [5.41, 5.74) is 2.30. The van der Waals surface area contributed by atoms with E-state index in [1.807, 2.05) is 36.5 Å². The Balaban J connectivity index is 1.74. The number of ether oxygens (including phenoxy) is 1. The molecule has 24 heavy (non-hydrogen) atoms. The smallest absolute Gasteiger partial charge is 0.264 e. The monoisotopic (exact) mass is 344 g/mol. The fraction of sp³-hybridized carbons (Fsp3) is 0.421. The summed E-state index contributed by atoms with van der Waals surface area (Å²) < 4.78 is 5.74. The van der Waals surface area contributed by atoms with Gasteiger partial charge in [0.1, 0.15) is 0 Å². The van der Waals surface area contributed by atoms with Crippen LogP contribution in [0.15, 0.2) is 41.8 Å². The molecule has 5 heteroatoms. The van der Waals surface area contributed by atoms with Crippen LogP contribution in [0.25, 0.3) is 0 Å². The fourth-order valence-corrected chi connectivity index (χ4v) is 3.62. The molecule has 1 fully saturated rings. The van der Waals surface area contributed by atoms with Crippen LogP contribution in [0.4, 0.5) is 5.69 Å². The number of hydrogen-bond donors (Lipinski definition) is 0. The normalized spacial score (nSPS) is 17.0. The maximum atomic E-state index is 12.8. The zero-order chi connectivity index (χ0) is 16.9. The van der Waals surface area contributed by atoms with Gasteiger partial charge in [-0.15, -0.1) is 11.3 Å². The second-order valence-electron chi connectivity index (χ2n) is 6.36. The van der Waals surface area contributed by atoms with Crippen molar-refractivity contribution in [2.24, 2.45) is 0 Å². The largest absolute Gasteiger partial charge is 0.378 e. The second kappa shape index (κ2) is 7.81. The Labute approximate surface area is 147 Å². The van der Waals surface area contributed by atoms with Crippen molar-refractivity contribution in [1.82, 2.24) is 4.90 Å². The summed E-state index contributed by atoms with van der Waals surface area (Å²) in [4.78, 5) is 17.6. The molecule has 2 aromatic rings. The molecule has 4 nitrogen and oxygen atoms in total. The van der Waals surface area contributed by atoms with Crippen LogP contribution in [0, 0.1) is 0 Å². The van der Waals surface area contributed by atoms with Gasteiger partial charge in [-0.1, -0.05) is 18.2 Å². The molecule has 1 amide bonds. The van der Waals surface area contributed by atoms with Gasteiger partial charge in [0.25, 0.3) is 5.91 Å². The lowest BCUT2D eigenvalue weighted by atomic mass is 10.1. The number of rotatable bonds is 6.